The lowest BCUT2D eigenvalue weighted by molar-refractivity contribution is 0.235. The van der Waals surface area contributed by atoms with Gasteiger partial charge in [-0.25, -0.2) is 0 Å². The molecule has 17 heavy (non-hydrogen) atoms. The second-order valence-electron chi connectivity index (χ2n) is 4.04. The molecule has 0 fully saturated rings. The number of nitrogens with zero attached hydrogens (tertiary/aromatic N) is 1. The summed E-state index contributed by atoms with van der Waals surface area (Å²) in [6.45, 7) is 3.32. The van der Waals surface area contributed by atoms with Crippen LogP contribution >= 0.6 is 11.6 Å². The minimum absolute atomic E-state index is 0.485. The lowest BCUT2D eigenvalue weighted by atomic mass is 10.2. The van der Waals surface area contributed by atoms with E-state index in [1.165, 1.54) is 0 Å². The van der Waals surface area contributed by atoms with E-state index in [1.54, 1.807) is 0 Å². The van der Waals surface area contributed by atoms with Crippen LogP contribution in [0.25, 0.3) is 0 Å². The molecule has 0 unspecified atom stereocenters. The molecule has 1 rings (SSSR count). The molecule has 0 aliphatic carbocycles. The number of ether oxygens (including phenoxy) is 1. The van der Waals surface area contributed by atoms with E-state index in [1.807, 2.05) is 24.3 Å². The van der Waals surface area contributed by atoms with Crippen LogP contribution in [0.5, 0.6) is 5.75 Å². The average Bonchev–Trinajstić information content (AvgIpc) is 2.37. The Balaban J connectivity index is 2.30. The van der Waals surface area contributed by atoms with Crippen LogP contribution < -0.4 is 10.5 Å². The fraction of sp³-hybridized carbons (Fsp3) is 0.538. The molecule has 0 aliphatic rings. The summed E-state index contributed by atoms with van der Waals surface area (Å²) in [5, 5.41) is 0. The summed E-state index contributed by atoms with van der Waals surface area (Å²) < 4.78 is 5.72. The van der Waals surface area contributed by atoms with Crippen LogP contribution in [0.15, 0.2) is 24.3 Å². The largest absolute Gasteiger partial charge is 0.492 e. The third-order valence-corrected chi connectivity index (χ3v) is 2.88. The molecule has 3 nitrogen and oxygen atoms in total. The number of benzene rings is 1. The highest BCUT2D eigenvalue weighted by atomic mass is 35.5. The third-order valence-electron chi connectivity index (χ3n) is 2.59. The molecule has 0 atom stereocenters. The molecule has 1 aromatic rings. The molecule has 0 bridgehead atoms. The molecule has 0 saturated heterocycles. The SMILES string of the molecule is CN(CCCN)CCOc1ccccc1CCl. The maximum Gasteiger partial charge on any atom is 0.123 e. The molecule has 1 aromatic carbocycles. The Bertz CT molecular complexity index is 320. The summed E-state index contributed by atoms with van der Waals surface area (Å²) in [4.78, 5) is 2.22. The van der Waals surface area contributed by atoms with Crippen LogP contribution in [0.2, 0.25) is 0 Å². The fourth-order valence-corrected chi connectivity index (χ4v) is 1.76. The van der Waals surface area contributed by atoms with Gasteiger partial charge in [0.2, 0.25) is 0 Å². The van der Waals surface area contributed by atoms with Crippen molar-refractivity contribution in [2.45, 2.75) is 12.3 Å². The molecular formula is C13H21ClN2O. The fourth-order valence-electron chi connectivity index (χ4n) is 1.54. The Morgan fingerprint density at radius 3 is 2.76 bits per heavy atom. The highest BCUT2D eigenvalue weighted by Gasteiger charge is 2.02. The number of alkyl halides is 1. The van der Waals surface area contributed by atoms with Gasteiger partial charge in [-0.2, -0.15) is 0 Å². The Kier molecular flexibility index (Phi) is 7.01. The highest BCUT2D eigenvalue weighted by Crippen LogP contribution is 2.19. The van der Waals surface area contributed by atoms with Gasteiger partial charge >= 0.3 is 0 Å². The first-order chi connectivity index (χ1) is 8.27. The van der Waals surface area contributed by atoms with Crippen molar-refractivity contribution < 1.29 is 4.74 Å². The van der Waals surface area contributed by atoms with Crippen LogP contribution in [0.1, 0.15) is 12.0 Å². The van der Waals surface area contributed by atoms with E-state index in [2.05, 4.69) is 11.9 Å². The van der Waals surface area contributed by atoms with Crippen LogP contribution in [-0.4, -0.2) is 38.2 Å². The molecular weight excluding hydrogens is 236 g/mol. The van der Waals surface area contributed by atoms with E-state index in [0.29, 0.717) is 12.5 Å². The van der Waals surface area contributed by atoms with Gasteiger partial charge in [-0.1, -0.05) is 18.2 Å². The molecule has 0 saturated carbocycles. The Labute approximate surface area is 109 Å². The summed E-state index contributed by atoms with van der Waals surface area (Å²) in [6.07, 6.45) is 1.02. The number of hydrogen-bond donors (Lipinski definition) is 1. The van der Waals surface area contributed by atoms with Crippen molar-refractivity contribution in [1.29, 1.82) is 0 Å². The molecule has 0 heterocycles. The van der Waals surface area contributed by atoms with Gasteiger partial charge in [-0.3, -0.25) is 0 Å². The van der Waals surface area contributed by atoms with E-state index < -0.39 is 0 Å². The van der Waals surface area contributed by atoms with Crippen molar-refractivity contribution in [1.82, 2.24) is 4.90 Å². The van der Waals surface area contributed by atoms with Crippen molar-refractivity contribution in [2.24, 2.45) is 5.73 Å². The lowest BCUT2D eigenvalue weighted by Crippen LogP contribution is -2.26. The number of halogens is 1. The lowest BCUT2D eigenvalue weighted by Gasteiger charge is -2.17. The minimum atomic E-state index is 0.485. The molecule has 4 heteroatoms. The number of rotatable bonds is 8. The number of likely N-dealkylation sites (N-methyl/N-ethyl adjacent to an activating group) is 1. The van der Waals surface area contributed by atoms with Gasteiger partial charge in [0, 0.05) is 12.1 Å². The van der Waals surface area contributed by atoms with E-state index in [4.69, 9.17) is 22.1 Å². The first-order valence-corrected chi connectivity index (χ1v) is 6.46. The summed E-state index contributed by atoms with van der Waals surface area (Å²) in [6, 6.07) is 7.87. The highest BCUT2D eigenvalue weighted by molar-refractivity contribution is 6.17. The zero-order chi connectivity index (χ0) is 12.5. The maximum atomic E-state index is 5.84. The summed E-state index contributed by atoms with van der Waals surface area (Å²) >= 11 is 5.84. The van der Waals surface area contributed by atoms with Crippen LogP contribution in [0, 0.1) is 0 Å². The zero-order valence-corrected chi connectivity index (χ0v) is 11.1. The number of nitrogens with two attached hydrogens (primary N) is 1. The first-order valence-electron chi connectivity index (χ1n) is 5.93. The smallest absolute Gasteiger partial charge is 0.123 e. The van der Waals surface area contributed by atoms with Gasteiger partial charge in [-0.05, 0) is 32.6 Å². The molecule has 0 spiro atoms. The molecule has 0 radical (unpaired) electrons. The van der Waals surface area contributed by atoms with Gasteiger partial charge in [0.15, 0.2) is 0 Å². The number of para-hydroxylation sites is 1. The van der Waals surface area contributed by atoms with Crippen LogP contribution in [-0.2, 0) is 5.88 Å². The second-order valence-corrected chi connectivity index (χ2v) is 4.30. The number of hydrogen-bond acceptors (Lipinski definition) is 3. The van der Waals surface area contributed by atoms with Crippen molar-refractivity contribution in [3.8, 4) is 5.75 Å². The van der Waals surface area contributed by atoms with Crippen molar-refractivity contribution in [3.05, 3.63) is 29.8 Å². The summed E-state index contributed by atoms with van der Waals surface area (Å²) in [5.41, 5.74) is 6.50. The Morgan fingerprint density at radius 1 is 1.29 bits per heavy atom. The normalized spacial score (nSPS) is 10.8. The standard InChI is InChI=1S/C13H21ClN2O/c1-16(8-4-7-15)9-10-17-13-6-3-2-5-12(13)11-14/h2-3,5-6H,4,7-11,15H2,1H3. The topological polar surface area (TPSA) is 38.5 Å². The predicted octanol–water partition coefficient (Wildman–Crippen LogP) is 2.08. The Morgan fingerprint density at radius 2 is 2.06 bits per heavy atom. The minimum Gasteiger partial charge on any atom is -0.492 e. The second kappa shape index (κ2) is 8.34. The van der Waals surface area contributed by atoms with E-state index >= 15 is 0 Å². The molecule has 96 valence electrons. The average molecular weight is 257 g/mol. The van der Waals surface area contributed by atoms with E-state index in [0.717, 1.165) is 37.4 Å². The monoisotopic (exact) mass is 256 g/mol. The molecule has 0 aromatic heterocycles. The van der Waals surface area contributed by atoms with Crippen LogP contribution in [0.4, 0.5) is 0 Å². The van der Waals surface area contributed by atoms with Crippen molar-refractivity contribution >= 4 is 11.6 Å². The maximum absolute atomic E-state index is 5.84. The third kappa shape index (κ3) is 5.39. The summed E-state index contributed by atoms with van der Waals surface area (Å²) in [7, 11) is 2.08. The van der Waals surface area contributed by atoms with Gasteiger partial charge in [0.1, 0.15) is 12.4 Å². The van der Waals surface area contributed by atoms with E-state index in [9.17, 15) is 0 Å². The molecule has 0 aliphatic heterocycles. The summed E-state index contributed by atoms with van der Waals surface area (Å²) in [5.74, 6) is 1.37. The zero-order valence-electron chi connectivity index (χ0n) is 10.4. The predicted molar refractivity (Wildman–Crippen MR) is 72.7 cm³/mol. The quantitative estimate of drug-likeness (QED) is 0.724. The van der Waals surface area contributed by atoms with Crippen LogP contribution in [0.3, 0.4) is 0 Å². The van der Waals surface area contributed by atoms with Crippen molar-refractivity contribution in [3.63, 3.8) is 0 Å². The van der Waals surface area contributed by atoms with Gasteiger partial charge in [0.25, 0.3) is 0 Å². The van der Waals surface area contributed by atoms with Gasteiger partial charge < -0.3 is 15.4 Å². The van der Waals surface area contributed by atoms with E-state index in [-0.39, 0.29) is 0 Å². The van der Waals surface area contributed by atoms with Crippen molar-refractivity contribution in [2.75, 3.05) is 33.3 Å². The van der Waals surface area contributed by atoms with Gasteiger partial charge in [0.05, 0.1) is 5.88 Å². The Hall–Kier alpha value is -0.770. The first kappa shape index (κ1) is 14.3. The molecule has 0 amide bonds. The molecule has 2 N–H and O–H groups in total. The van der Waals surface area contributed by atoms with Gasteiger partial charge in [-0.15, -0.1) is 11.6 Å².